The van der Waals surface area contributed by atoms with Crippen molar-refractivity contribution in [1.82, 2.24) is 9.80 Å². The summed E-state index contributed by atoms with van der Waals surface area (Å²) in [5, 5.41) is 11.2. The number of hydrogen-bond acceptors (Lipinski definition) is 7. The van der Waals surface area contributed by atoms with Crippen molar-refractivity contribution in [3.8, 4) is 0 Å². The Morgan fingerprint density at radius 2 is 1.64 bits per heavy atom. The number of nitrogens with zero attached hydrogens (tertiary/aromatic N) is 4. The number of urea groups is 1. The van der Waals surface area contributed by atoms with Crippen LogP contribution < -0.4 is 16.4 Å². The van der Waals surface area contributed by atoms with Gasteiger partial charge in [0.05, 0.1) is 35.2 Å². The van der Waals surface area contributed by atoms with Gasteiger partial charge in [-0.25, -0.2) is 4.79 Å². The first-order valence-corrected chi connectivity index (χ1v) is 12.7. The standard InChI is InChI=1S/C28H32N6O5/c29-25-4-1-2-5-26(25)33(23-10-12-24(13-11-23)34(37)38)28(36)32(15-3-14-31-16-18-39-19-17-31)20-21-6-8-22(9-7-21)27(30)35/h1-2,4-13H,3,14-20,29H2,(H2,30,35). The molecule has 3 aromatic rings. The Morgan fingerprint density at radius 1 is 0.974 bits per heavy atom. The first-order chi connectivity index (χ1) is 18.8. The fourth-order valence-electron chi connectivity index (χ4n) is 4.46. The van der Waals surface area contributed by atoms with Crippen molar-refractivity contribution >= 4 is 34.7 Å². The third-order valence-corrected chi connectivity index (χ3v) is 6.58. The number of nitrogen functional groups attached to an aromatic ring is 1. The summed E-state index contributed by atoms with van der Waals surface area (Å²) in [5.74, 6) is -0.524. The number of para-hydroxylation sites is 2. The van der Waals surface area contributed by atoms with E-state index in [2.05, 4.69) is 4.90 Å². The Morgan fingerprint density at radius 3 is 2.26 bits per heavy atom. The van der Waals surface area contributed by atoms with E-state index in [1.807, 2.05) is 0 Å². The van der Waals surface area contributed by atoms with Crippen LogP contribution in [-0.2, 0) is 11.3 Å². The van der Waals surface area contributed by atoms with Crippen LogP contribution in [0.4, 0.5) is 27.5 Å². The lowest BCUT2D eigenvalue weighted by Gasteiger charge is -2.33. The molecule has 0 unspecified atom stereocenters. The van der Waals surface area contributed by atoms with Gasteiger partial charge in [-0.15, -0.1) is 0 Å². The predicted octanol–water partition coefficient (Wildman–Crippen LogP) is 3.76. The fraction of sp³-hybridized carbons (Fsp3) is 0.286. The SMILES string of the molecule is NC(=O)c1ccc(CN(CCCN2CCOCC2)C(=O)N(c2ccc([N+](=O)[O-])cc2)c2ccccc2N)cc1. The van der Waals surface area contributed by atoms with Crippen molar-refractivity contribution in [3.63, 3.8) is 0 Å². The van der Waals surface area contributed by atoms with Crippen LogP contribution in [0.15, 0.2) is 72.8 Å². The van der Waals surface area contributed by atoms with Crippen molar-refractivity contribution in [3.05, 3.63) is 94.0 Å². The number of rotatable bonds is 10. The summed E-state index contributed by atoms with van der Waals surface area (Å²) in [6, 6.07) is 19.3. The van der Waals surface area contributed by atoms with Gasteiger partial charge in [0.2, 0.25) is 5.91 Å². The van der Waals surface area contributed by atoms with Gasteiger partial charge in [0, 0.05) is 50.4 Å². The molecule has 11 nitrogen and oxygen atoms in total. The molecule has 39 heavy (non-hydrogen) atoms. The molecule has 0 bridgehead atoms. The molecule has 0 aromatic heterocycles. The summed E-state index contributed by atoms with van der Waals surface area (Å²) in [4.78, 5) is 42.0. The van der Waals surface area contributed by atoms with Crippen molar-refractivity contribution < 1.29 is 19.2 Å². The van der Waals surface area contributed by atoms with Crippen LogP contribution in [0.3, 0.4) is 0 Å². The third-order valence-electron chi connectivity index (χ3n) is 6.58. The maximum Gasteiger partial charge on any atom is 0.329 e. The minimum Gasteiger partial charge on any atom is -0.397 e. The summed E-state index contributed by atoms with van der Waals surface area (Å²) < 4.78 is 5.43. The molecule has 1 aliphatic heterocycles. The Balaban J connectivity index is 1.64. The molecule has 3 amide bonds. The highest BCUT2D eigenvalue weighted by molar-refractivity contribution is 6.02. The topological polar surface area (TPSA) is 148 Å². The normalized spacial score (nSPS) is 13.5. The summed E-state index contributed by atoms with van der Waals surface area (Å²) in [5.41, 5.74) is 14.1. The smallest absolute Gasteiger partial charge is 0.329 e. The van der Waals surface area contributed by atoms with Gasteiger partial charge in [-0.05, 0) is 48.4 Å². The van der Waals surface area contributed by atoms with Gasteiger partial charge in [0.1, 0.15) is 0 Å². The van der Waals surface area contributed by atoms with Crippen molar-refractivity contribution in [1.29, 1.82) is 0 Å². The fourth-order valence-corrected chi connectivity index (χ4v) is 4.46. The van der Waals surface area contributed by atoms with Crippen LogP contribution in [0, 0.1) is 10.1 Å². The second-order valence-electron chi connectivity index (χ2n) is 9.24. The molecule has 0 aliphatic carbocycles. The number of primary amides is 1. The van der Waals surface area contributed by atoms with Crippen molar-refractivity contribution in [2.45, 2.75) is 13.0 Å². The molecule has 1 saturated heterocycles. The molecule has 11 heteroatoms. The van der Waals surface area contributed by atoms with Gasteiger partial charge in [-0.3, -0.25) is 24.7 Å². The molecule has 0 radical (unpaired) electrons. The number of carbonyl (C=O) groups excluding carboxylic acids is 2. The maximum atomic E-state index is 14.2. The molecule has 1 aliphatic rings. The maximum absolute atomic E-state index is 14.2. The highest BCUT2D eigenvalue weighted by Gasteiger charge is 2.26. The van der Waals surface area contributed by atoms with E-state index < -0.39 is 10.8 Å². The van der Waals surface area contributed by atoms with Crippen LogP contribution >= 0.6 is 0 Å². The highest BCUT2D eigenvalue weighted by Crippen LogP contribution is 2.33. The minimum atomic E-state index is -0.524. The Kier molecular flexibility index (Phi) is 9.08. The molecular formula is C28H32N6O5. The molecule has 1 heterocycles. The number of non-ortho nitro benzene ring substituents is 1. The Labute approximate surface area is 226 Å². The first-order valence-electron chi connectivity index (χ1n) is 12.7. The number of benzene rings is 3. The molecule has 4 rings (SSSR count). The molecule has 3 aromatic carbocycles. The molecule has 0 atom stereocenters. The highest BCUT2D eigenvalue weighted by atomic mass is 16.6. The number of anilines is 3. The van der Waals surface area contributed by atoms with Gasteiger partial charge in [0.15, 0.2) is 0 Å². The van der Waals surface area contributed by atoms with E-state index in [9.17, 15) is 19.7 Å². The second kappa shape index (κ2) is 12.9. The van der Waals surface area contributed by atoms with Gasteiger partial charge < -0.3 is 21.1 Å². The molecule has 0 saturated carbocycles. The van der Waals surface area contributed by atoms with Gasteiger partial charge >= 0.3 is 6.03 Å². The average Bonchev–Trinajstić information content (AvgIpc) is 2.94. The van der Waals surface area contributed by atoms with E-state index in [1.165, 1.54) is 29.2 Å². The lowest BCUT2D eigenvalue weighted by molar-refractivity contribution is -0.384. The van der Waals surface area contributed by atoms with Gasteiger partial charge in [0.25, 0.3) is 5.69 Å². The zero-order valence-corrected chi connectivity index (χ0v) is 21.6. The molecule has 204 valence electrons. The van der Waals surface area contributed by atoms with E-state index in [0.717, 1.165) is 31.6 Å². The number of nitro groups is 1. The van der Waals surface area contributed by atoms with E-state index in [4.69, 9.17) is 16.2 Å². The van der Waals surface area contributed by atoms with Gasteiger partial charge in [-0.1, -0.05) is 24.3 Å². The second-order valence-corrected chi connectivity index (χ2v) is 9.24. The molecule has 1 fully saturated rings. The summed E-state index contributed by atoms with van der Waals surface area (Å²) >= 11 is 0. The summed E-state index contributed by atoms with van der Waals surface area (Å²) in [6.45, 7) is 4.60. The van der Waals surface area contributed by atoms with E-state index >= 15 is 0 Å². The summed E-state index contributed by atoms with van der Waals surface area (Å²) in [7, 11) is 0. The zero-order valence-electron chi connectivity index (χ0n) is 21.6. The van der Waals surface area contributed by atoms with Crippen LogP contribution in [0.25, 0.3) is 0 Å². The average molecular weight is 533 g/mol. The minimum absolute atomic E-state index is 0.0795. The van der Waals surface area contributed by atoms with Crippen LogP contribution in [0.5, 0.6) is 0 Å². The van der Waals surface area contributed by atoms with Crippen molar-refractivity contribution in [2.75, 3.05) is 50.0 Å². The lowest BCUT2D eigenvalue weighted by Crippen LogP contribution is -2.43. The number of morpholine rings is 1. The lowest BCUT2D eigenvalue weighted by atomic mass is 10.1. The number of ether oxygens (including phenoxy) is 1. The predicted molar refractivity (Wildman–Crippen MR) is 149 cm³/mol. The monoisotopic (exact) mass is 532 g/mol. The summed E-state index contributed by atoms with van der Waals surface area (Å²) in [6.07, 6.45) is 0.726. The Hall–Kier alpha value is -4.48. The van der Waals surface area contributed by atoms with Crippen molar-refractivity contribution in [2.24, 2.45) is 5.73 Å². The largest absolute Gasteiger partial charge is 0.397 e. The van der Waals surface area contributed by atoms with E-state index in [0.29, 0.717) is 42.4 Å². The van der Waals surface area contributed by atoms with E-state index in [1.54, 1.807) is 53.4 Å². The molecular weight excluding hydrogens is 500 g/mol. The zero-order chi connectivity index (χ0) is 27.8. The number of amides is 3. The van der Waals surface area contributed by atoms with Gasteiger partial charge in [-0.2, -0.15) is 0 Å². The number of carbonyl (C=O) groups is 2. The number of hydrogen-bond donors (Lipinski definition) is 2. The quantitative estimate of drug-likeness (QED) is 0.229. The van der Waals surface area contributed by atoms with E-state index in [-0.39, 0.29) is 18.3 Å². The van der Waals surface area contributed by atoms with Crippen LogP contribution in [-0.4, -0.2) is 66.1 Å². The first kappa shape index (κ1) is 27.6. The Bertz CT molecular complexity index is 1290. The van der Waals surface area contributed by atoms with Crippen LogP contribution in [0.1, 0.15) is 22.3 Å². The number of nitro benzene ring substituents is 1. The molecule has 0 spiro atoms. The number of nitrogens with two attached hydrogens (primary N) is 2. The molecule has 4 N–H and O–H groups in total. The third kappa shape index (κ3) is 7.09. The van der Waals surface area contributed by atoms with Crippen LogP contribution in [0.2, 0.25) is 0 Å².